The molecule has 0 bridgehead atoms. The Morgan fingerprint density at radius 2 is 2.10 bits per heavy atom. The number of hydrogen-bond acceptors (Lipinski definition) is 3. The van der Waals surface area contributed by atoms with Crippen molar-refractivity contribution < 1.29 is 19.4 Å². The van der Waals surface area contributed by atoms with Crippen LogP contribution in [0.25, 0.3) is 0 Å². The molecule has 0 aromatic heterocycles. The van der Waals surface area contributed by atoms with Crippen LogP contribution in [0.2, 0.25) is 5.02 Å². The summed E-state index contributed by atoms with van der Waals surface area (Å²) in [6.07, 6.45) is 0. The van der Waals surface area contributed by atoms with Crippen molar-refractivity contribution in [3.8, 4) is 0 Å². The molecule has 0 aliphatic carbocycles. The van der Waals surface area contributed by atoms with Gasteiger partial charge in [0.2, 0.25) is 0 Å². The molecule has 20 heavy (non-hydrogen) atoms. The van der Waals surface area contributed by atoms with Crippen LogP contribution in [0.15, 0.2) is 24.3 Å². The molecule has 7 heteroatoms. The zero-order valence-electron chi connectivity index (χ0n) is 10.9. The Morgan fingerprint density at radius 1 is 1.45 bits per heavy atom. The molecule has 2 N–H and O–H groups in total. The number of carbonyl (C=O) groups excluding carboxylic acids is 1. The third-order valence-electron chi connectivity index (χ3n) is 3.00. The lowest BCUT2D eigenvalue weighted by atomic mass is 9.97. The number of urea groups is 1. The van der Waals surface area contributed by atoms with Crippen LogP contribution in [0.3, 0.4) is 0 Å². The van der Waals surface area contributed by atoms with Crippen LogP contribution in [0.1, 0.15) is 6.92 Å². The van der Waals surface area contributed by atoms with E-state index in [4.69, 9.17) is 21.4 Å². The van der Waals surface area contributed by atoms with E-state index in [1.807, 2.05) is 0 Å². The maximum atomic E-state index is 12.0. The van der Waals surface area contributed by atoms with Gasteiger partial charge < -0.3 is 20.1 Å². The van der Waals surface area contributed by atoms with Crippen molar-refractivity contribution in [1.29, 1.82) is 0 Å². The molecule has 1 saturated heterocycles. The first kappa shape index (κ1) is 14.6. The van der Waals surface area contributed by atoms with Gasteiger partial charge in [-0.05, 0) is 19.1 Å². The number of ether oxygens (including phenoxy) is 1. The quantitative estimate of drug-likeness (QED) is 0.891. The predicted octanol–water partition coefficient (Wildman–Crippen LogP) is 2.05. The molecule has 2 rings (SSSR count). The lowest BCUT2D eigenvalue weighted by Crippen LogP contribution is -2.64. The lowest BCUT2D eigenvalue weighted by molar-refractivity contribution is -0.159. The highest BCUT2D eigenvalue weighted by Crippen LogP contribution is 2.27. The number of rotatable bonds is 4. The molecule has 1 aliphatic rings. The number of benzene rings is 1. The normalized spacial score (nSPS) is 16.4. The third kappa shape index (κ3) is 3.40. The molecule has 0 radical (unpaired) electrons. The number of halogens is 1. The van der Waals surface area contributed by atoms with Crippen LogP contribution in [0.4, 0.5) is 10.5 Å². The van der Waals surface area contributed by atoms with E-state index in [-0.39, 0.29) is 12.6 Å². The minimum atomic E-state index is -1.02. The molecule has 1 heterocycles. The molecular formula is C13H15ClN2O4. The molecule has 1 fully saturated rings. The number of nitrogens with zero attached hydrogens (tertiary/aromatic N) is 1. The SMILES string of the molecule is CC1(OCC(=O)O)CN(C(=O)Nc2ccccc2Cl)C1. The fourth-order valence-corrected chi connectivity index (χ4v) is 2.17. The van der Waals surface area contributed by atoms with Gasteiger partial charge >= 0.3 is 12.0 Å². The summed E-state index contributed by atoms with van der Waals surface area (Å²) < 4.78 is 5.23. The molecule has 1 aliphatic heterocycles. The molecule has 108 valence electrons. The number of amides is 2. The highest BCUT2D eigenvalue weighted by Gasteiger charge is 2.42. The zero-order chi connectivity index (χ0) is 14.8. The van der Waals surface area contributed by atoms with Gasteiger partial charge in [-0.1, -0.05) is 23.7 Å². The predicted molar refractivity (Wildman–Crippen MR) is 74.0 cm³/mol. The number of carboxylic acid groups (broad SMARTS) is 1. The average Bonchev–Trinajstić information content (AvgIpc) is 2.35. The fraction of sp³-hybridized carbons (Fsp3) is 0.385. The highest BCUT2D eigenvalue weighted by molar-refractivity contribution is 6.33. The number of anilines is 1. The molecular weight excluding hydrogens is 284 g/mol. The van der Waals surface area contributed by atoms with Crippen molar-refractivity contribution >= 4 is 29.3 Å². The van der Waals surface area contributed by atoms with E-state index in [0.29, 0.717) is 23.8 Å². The minimum Gasteiger partial charge on any atom is -0.480 e. The molecule has 0 unspecified atom stereocenters. The van der Waals surface area contributed by atoms with E-state index >= 15 is 0 Å². The molecule has 1 aromatic rings. The first-order valence-corrected chi connectivity index (χ1v) is 6.44. The highest BCUT2D eigenvalue weighted by atomic mass is 35.5. The second-order valence-corrected chi connectivity index (χ2v) is 5.31. The number of hydrogen-bond donors (Lipinski definition) is 2. The maximum absolute atomic E-state index is 12.0. The number of carbonyl (C=O) groups is 2. The molecule has 0 saturated carbocycles. The van der Waals surface area contributed by atoms with Gasteiger partial charge in [-0.2, -0.15) is 0 Å². The minimum absolute atomic E-state index is 0.283. The number of aliphatic carboxylic acids is 1. The lowest BCUT2D eigenvalue weighted by Gasteiger charge is -2.46. The van der Waals surface area contributed by atoms with E-state index in [0.717, 1.165) is 0 Å². The van der Waals surface area contributed by atoms with Gasteiger partial charge in [0.1, 0.15) is 12.2 Å². The van der Waals surface area contributed by atoms with Gasteiger partial charge in [-0.3, -0.25) is 0 Å². The van der Waals surface area contributed by atoms with Crippen molar-refractivity contribution in [2.45, 2.75) is 12.5 Å². The summed E-state index contributed by atoms with van der Waals surface area (Å²) in [6.45, 7) is 2.10. The van der Waals surface area contributed by atoms with Gasteiger partial charge in [-0.25, -0.2) is 9.59 Å². The Morgan fingerprint density at radius 3 is 2.70 bits per heavy atom. The standard InChI is InChI=1S/C13H15ClN2O4/c1-13(20-6-11(17)18)7-16(8-13)12(19)15-10-5-3-2-4-9(10)14/h2-5H,6-8H2,1H3,(H,15,19)(H,17,18). The Labute approximate surface area is 121 Å². The first-order chi connectivity index (χ1) is 9.39. The Bertz CT molecular complexity index is 529. The zero-order valence-corrected chi connectivity index (χ0v) is 11.7. The van der Waals surface area contributed by atoms with Crippen LogP contribution in [0.5, 0.6) is 0 Å². The van der Waals surface area contributed by atoms with Gasteiger partial charge in [-0.15, -0.1) is 0 Å². The van der Waals surface area contributed by atoms with E-state index in [2.05, 4.69) is 5.32 Å². The monoisotopic (exact) mass is 298 g/mol. The average molecular weight is 299 g/mol. The van der Waals surface area contributed by atoms with Crippen molar-refractivity contribution in [3.63, 3.8) is 0 Å². The number of para-hydroxylation sites is 1. The summed E-state index contributed by atoms with van der Waals surface area (Å²) >= 11 is 5.95. The van der Waals surface area contributed by atoms with Crippen LogP contribution in [-0.2, 0) is 9.53 Å². The largest absolute Gasteiger partial charge is 0.480 e. The summed E-state index contributed by atoms with van der Waals surface area (Å²) in [5.41, 5.74) is -0.0600. The summed E-state index contributed by atoms with van der Waals surface area (Å²) in [7, 11) is 0. The van der Waals surface area contributed by atoms with Gasteiger partial charge in [0, 0.05) is 0 Å². The first-order valence-electron chi connectivity index (χ1n) is 6.06. The third-order valence-corrected chi connectivity index (χ3v) is 3.33. The number of carboxylic acids is 1. The topological polar surface area (TPSA) is 78.9 Å². The van der Waals surface area contributed by atoms with E-state index in [9.17, 15) is 9.59 Å². The molecule has 0 atom stereocenters. The molecule has 0 spiro atoms. The van der Waals surface area contributed by atoms with Crippen molar-refractivity contribution in [3.05, 3.63) is 29.3 Å². The molecule has 2 amide bonds. The Kier molecular flexibility index (Phi) is 4.15. The summed E-state index contributed by atoms with van der Waals surface area (Å²) in [4.78, 5) is 23.9. The second kappa shape index (κ2) is 5.68. The van der Waals surface area contributed by atoms with E-state index in [1.54, 1.807) is 31.2 Å². The second-order valence-electron chi connectivity index (χ2n) is 4.90. The summed E-state index contributed by atoms with van der Waals surface area (Å²) in [5.74, 6) is -1.02. The number of likely N-dealkylation sites (tertiary alicyclic amines) is 1. The van der Waals surface area contributed by atoms with Crippen LogP contribution >= 0.6 is 11.6 Å². The summed E-state index contributed by atoms with van der Waals surface area (Å²) in [5, 5.41) is 11.7. The van der Waals surface area contributed by atoms with Gasteiger partial charge in [0.05, 0.1) is 23.8 Å². The van der Waals surface area contributed by atoms with Crippen LogP contribution in [-0.4, -0.2) is 47.3 Å². The smallest absolute Gasteiger partial charge is 0.329 e. The van der Waals surface area contributed by atoms with Crippen molar-refractivity contribution in [2.75, 3.05) is 25.0 Å². The molecule has 1 aromatic carbocycles. The summed E-state index contributed by atoms with van der Waals surface area (Å²) in [6, 6.07) is 6.67. The van der Waals surface area contributed by atoms with Crippen LogP contribution in [0, 0.1) is 0 Å². The van der Waals surface area contributed by atoms with E-state index < -0.39 is 11.6 Å². The van der Waals surface area contributed by atoms with Crippen LogP contribution < -0.4 is 5.32 Å². The van der Waals surface area contributed by atoms with Gasteiger partial charge in [0.15, 0.2) is 0 Å². The Hall–Kier alpha value is -1.79. The molecule has 6 nitrogen and oxygen atoms in total. The number of nitrogens with one attached hydrogen (secondary N) is 1. The van der Waals surface area contributed by atoms with Crippen molar-refractivity contribution in [1.82, 2.24) is 4.90 Å². The van der Waals surface area contributed by atoms with E-state index in [1.165, 1.54) is 4.90 Å². The van der Waals surface area contributed by atoms with Gasteiger partial charge in [0.25, 0.3) is 0 Å². The fourth-order valence-electron chi connectivity index (χ4n) is 1.99. The maximum Gasteiger partial charge on any atom is 0.329 e. The van der Waals surface area contributed by atoms with Crippen molar-refractivity contribution in [2.24, 2.45) is 0 Å². The Balaban J connectivity index is 1.85.